The van der Waals surface area contributed by atoms with Crippen molar-refractivity contribution < 1.29 is 8.78 Å². The van der Waals surface area contributed by atoms with Crippen LogP contribution in [-0.4, -0.2) is 0 Å². The van der Waals surface area contributed by atoms with E-state index in [4.69, 9.17) is 0 Å². The lowest BCUT2D eigenvalue weighted by Gasteiger charge is -2.23. The average Bonchev–Trinajstić information content (AvgIpc) is 2.92. The fraction of sp³-hybridized carbons (Fsp3) is 0.400. The van der Waals surface area contributed by atoms with Crippen molar-refractivity contribution in [1.82, 2.24) is 0 Å². The lowest BCUT2D eigenvalue weighted by atomic mass is 9.83. The van der Waals surface area contributed by atoms with E-state index >= 15 is 0 Å². The molecule has 0 aliphatic heterocycles. The Kier molecular flexibility index (Phi) is 4.56. The number of benzene rings is 1. The van der Waals surface area contributed by atoms with E-state index in [-0.39, 0.29) is 5.82 Å². The highest BCUT2D eigenvalue weighted by molar-refractivity contribution is 5.86. The Labute approximate surface area is 131 Å². The molecule has 22 heavy (non-hydrogen) atoms. The van der Waals surface area contributed by atoms with Crippen LogP contribution in [0.2, 0.25) is 0 Å². The first-order chi connectivity index (χ1) is 10.8. The molecule has 1 aromatic rings. The SMILES string of the molecule is C\C=C/C=C1\C(=C\F)Cc2c1ccc(C1CCCCC1)c2F. The number of rotatable bonds is 2. The van der Waals surface area contributed by atoms with E-state index in [0.29, 0.717) is 29.8 Å². The Bertz CT molecular complexity index is 644. The van der Waals surface area contributed by atoms with Crippen LogP contribution >= 0.6 is 0 Å². The first-order valence-corrected chi connectivity index (χ1v) is 8.20. The van der Waals surface area contributed by atoms with Gasteiger partial charge >= 0.3 is 0 Å². The van der Waals surface area contributed by atoms with Crippen LogP contribution in [0.4, 0.5) is 8.78 Å². The van der Waals surface area contributed by atoms with Crippen molar-refractivity contribution in [3.05, 3.63) is 64.8 Å². The van der Waals surface area contributed by atoms with Gasteiger partial charge in [-0.15, -0.1) is 0 Å². The van der Waals surface area contributed by atoms with Crippen LogP contribution in [0, 0.1) is 5.82 Å². The van der Waals surface area contributed by atoms with Gasteiger partial charge in [0.25, 0.3) is 0 Å². The molecule has 0 unspecified atom stereocenters. The predicted molar refractivity (Wildman–Crippen MR) is 87.9 cm³/mol. The molecule has 1 aromatic carbocycles. The van der Waals surface area contributed by atoms with Gasteiger partial charge in [-0.05, 0) is 48.0 Å². The zero-order valence-corrected chi connectivity index (χ0v) is 13.0. The monoisotopic (exact) mass is 300 g/mol. The van der Waals surface area contributed by atoms with E-state index in [1.54, 1.807) is 0 Å². The minimum Gasteiger partial charge on any atom is -0.215 e. The van der Waals surface area contributed by atoms with E-state index in [0.717, 1.165) is 29.5 Å². The van der Waals surface area contributed by atoms with Crippen molar-refractivity contribution in [1.29, 1.82) is 0 Å². The van der Waals surface area contributed by atoms with Gasteiger partial charge in [-0.25, -0.2) is 8.78 Å². The molecule has 0 heterocycles. The van der Waals surface area contributed by atoms with E-state index in [2.05, 4.69) is 0 Å². The van der Waals surface area contributed by atoms with Gasteiger partial charge in [-0.2, -0.15) is 0 Å². The summed E-state index contributed by atoms with van der Waals surface area (Å²) in [4.78, 5) is 0. The largest absolute Gasteiger partial charge is 0.215 e. The minimum atomic E-state index is -0.104. The molecule has 0 nitrogen and oxygen atoms in total. The van der Waals surface area contributed by atoms with Gasteiger partial charge in [0, 0.05) is 12.0 Å². The molecule has 0 spiro atoms. The third-order valence-corrected chi connectivity index (χ3v) is 4.91. The van der Waals surface area contributed by atoms with Gasteiger partial charge in [-0.1, -0.05) is 49.6 Å². The second-order valence-electron chi connectivity index (χ2n) is 6.25. The summed E-state index contributed by atoms with van der Waals surface area (Å²) in [6.45, 7) is 1.92. The van der Waals surface area contributed by atoms with Crippen LogP contribution in [0.3, 0.4) is 0 Å². The van der Waals surface area contributed by atoms with Crippen molar-refractivity contribution in [2.24, 2.45) is 0 Å². The Morgan fingerprint density at radius 2 is 1.91 bits per heavy atom. The summed E-state index contributed by atoms with van der Waals surface area (Å²) in [6.07, 6.45) is 12.4. The highest BCUT2D eigenvalue weighted by Crippen LogP contribution is 2.42. The normalized spacial score (nSPS) is 22.9. The zero-order chi connectivity index (χ0) is 15.5. The lowest BCUT2D eigenvalue weighted by Crippen LogP contribution is -2.08. The molecule has 1 saturated carbocycles. The van der Waals surface area contributed by atoms with Crippen LogP contribution in [0.15, 0.2) is 42.3 Å². The van der Waals surface area contributed by atoms with Crippen molar-refractivity contribution in [3.8, 4) is 0 Å². The Balaban J connectivity index is 2.03. The van der Waals surface area contributed by atoms with E-state index in [9.17, 15) is 8.78 Å². The minimum absolute atomic E-state index is 0.104. The number of allylic oxidation sites excluding steroid dienone is 5. The van der Waals surface area contributed by atoms with Crippen LogP contribution in [0.25, 0.3) is 5.57 Å². The van der Waals surface area contributed by atoms with Gasteiger partial charge in [0.2, 0.25) is 0 Å². The second kappa shape index (κ2) is 6.60. The molecular formula is C20H22F2. The quantitative estimate of drug-likeness (QED) is 0.606. The highest BCUT2D eigenvalue weighted by atomic mass is 19.1. The highest BCUT2D eigenvalue weighted by Gasteiger charge is 2.28. The smallest absolute Gasteiger partial charge is 0.130 e. The van der Waals surface area contributed by atoms with Crippen molar-refractivity contribution in [2.75, 3.05) is 0 Å². The molecule has 116 valence electrons. The number of hydrogen-bond acceptors (Lipinski definition) is 0. The molecule has 0 N–H and O–H groups in total. The summed E-state index contributed by atoms with van der Waals surface area (Å²) in [5.41, 5.74) is 3.74. The maximum Gasteiger partial charge on any atom is 0.130 e. The van der Waals surface area contributed by atoms with Crippen molar-refractivity contribution in [3.63, 3.8) is 0 Å². The second-order valence-corrected chi connectivity index (χ2v) is 6.25. The molecule has 0 saturated heterocycles. The Morgan fingerprint density at radius 3 is 2.59 bits per heavy atom. The molecule has 1 fully saturated rings. The molecule has 3 rings (SSSR count). The lowest BCUT2D eigenvalue weighted by molar-refractivity contribution is 0.428. The fourth-order valence-corrected chi connectivity index (χ4v) is 3.74. The summed E-state index contributed by atoms with van der Waals surface area (Å²) < 4.78 is 28.1. The molecule has 0 radical (unpaired) electrons. The molecule has 2 aliphatic carbocycles. The molecular weight excluding hydrogens is 278 g/mol. The molecule has 0 aromatic heterocycles. The van der Waals surface area contributed by atoms with E-state index in [1.807, 2.05) is 37.3 Å². The average molecular weight is 300 g/mol. The van der Waals surface area contributed by atoms with E-state index < -0.39 is 0 Å². The summed E-state index contributed by atoms with van der Waals surface area (Å²) >= 11 is 0. The number of hydrogen-bond donors (Lipinski definition) is 0. The molecule has 2 heteroatoms. The van der Waals surface area contributed by atoms with Gasteiger partial charge < -0.3 is 0 Å². The maximum absolute atomic E-state index is 15.0. The molecule has 0 amide bonds. The molecule has 0 atom stereocenters. The third kappa shape index (κ3) is 2.67. The fourth-order valence-electron chi connectivity index (χ4n) is 3.74. The summed E-state index contributed by atoms with van der Waals surface area (Å²) in [5.74, 6) is 0.230. The summed E-state index contributed by atoms with van der Waals surface area (Å²) in [6, 6.07) is 3.91. The van der Waals surface area contributed by atoms with Gasteiger partial charge in [0.1, 0.15) is 5.82 Å². The summed E-state index contributed by atoms with van der Waals surface area (Å²) in [5, 5.41) is 0. The standard InChI is InChI=1S/C20H22F2/c1-2-3-9-16-15(13-21)12-19-18(16)11-10-17(20(19)22)14-7-5-4-6-8-14/h2-3,9-11,13-14H,4-8,12H2,1H3/b3-2-,15-13+,16-9+. The first kappa shape index (κ1) is 15.2. The van der Waals surface area contributed by atoms with Crippen LogP contribution in [0.5, 0.6) is 0 Å². The van der Waals surface area contributed by atoms with Crippen molar-refractivity contribution >= 4 is 5.57 Å². The topological polar surface area (TPSA) is 0 Å². The summed E-state index contributed by atoms with van der Waals surface area (Å²) in [7, 11) is 0. The first-order valence-electron chi connectivity index (χ1n) is 8.20. The molecule has 0 bridgehead atoms. The molecule has 2 aliphatic rings. The third-order valence-electron chi connectivity index (χ3n) is 4.91. The number of fused-ring (bicyclic) bond motifs is 1. The van der Waals surface area contributed by atoms with Gasteiger partial charge in [0.05, 0.1) is 6.33 Å². The predicted octanol–water partition coefficient (Wildman–Crippen LogP) is 6.24. The van der Waals surface area contributed by atoms with Crippen LogP contribution in [-0.2, 0) is 6.42 Å². The Hall–Kier alpha value is -1.70. The van der Waals surface area contributed by atoms with Gasteiger partial charge in [0.15, 0.2) is 0 Å². The van der Waals surface area contributed by atoms with Gasteiger partial charge in [-0.3, -0.25) is 0 Å². The Morgan fingerprint density at radius 1 is 1.14 bits per heavy atom. The van der Waals surface area contributed by atoms with Crippen molar-refractivity contribution in [2.45, 2.75) is 51.4 Å². The van der Waals surface area contributed by atoms with Crippen LogP contribution < -0.4 is 0 Å². The van der Waals surface area contributed by atoms with E-state index in [1.165, 1.54) is 19.3 Å². The number of halogens is 2. The van der Waals surface area contributed by atoms with Crippen LogP contribution in [0.1, 0.15) is 61.6 Å². The maximum atomic E-state index is 15.0. The zero-order valence-electron chi connectivity index (χ0n) is 13.0.